The highest BCUT2D eigenvalue weighted by Gasteiger charge is 2.24. The van der Waals surface area contributed by atoms with Crippen molar-refractivity contribution < 1.29 is 14.2 Å². The number of methoxy groups -OCH3 is 2. The second-order valence-electron chi connectivity index (χ2n) is 7.15. The third-order valence-corrected chi connectivity index (χ3v) is 7.60. The molecule has 0 spiro atoms. The van der Waals surface area contributed by atoms with Gasteiger partial charge >= 0.3 is 0 Å². The molecule has 5 rings (SSSR count). The van der Waals surface area contributed by atoms with Crippen molar-refractivity contribution in [2.75, 3.05) is 56.8 Å². The Kier molecular flexibility index (Phi) is 5.45. The van der Waals surface area contributed by atoms with Crippen molar-refractivity contribution in [3.63, 3.8) is 0 Å². The fraction of sp³-hybridized carbons (Fsp3) is 0.364. The van der Waals surface area contributed by atoms with E-state index in [0.29, 0.717) is 6.61 Å². The first-order valence-electron chi connectivity index (χ1n) is 10.3. The van der Waals surface area contributed by atoms with Crippen LogP contribution in [0.4, 0.5) is 10.3 Å². The summed E-state index contributed by atoms with van der Waals surface area (Å²) in [7, 11) is 3.36. The molecule has 9 heteroatoms. The van der Waals surface area contributed by atoms with Crippen molar-refractivity contribution in [1.29, 1.82) is 0 Å². The Bertz CT molecular complexity index is 1170. The lowest BCUT2D eigenvalue weighted by Crippen LogP contribution is -2.46. The first-order chi connectivity index (χ1) is 15.2. The number of rotatable bonds is 6. The number of benzene rings is 2. The highest BCUT2D eigenvalue weighted by molar-refractivity contribution is 7.22. The topological polar surface area (TPSA) is 60.0 Å². The van der Waals surface area contributed by atoms with Crippen LogP contribution >= 0.6 is 22.7 Å². The van der Waals surface area contributed by atoms with Gasteiger partial charge in [-0.25, -0.2) is 9.97 Å². The van der Waals surface area contributed by atoms with Crippen LogP contribution in [0.1, 0.15) is 6.92 Å². The largest absolute Gasteiger partial charge is 0.495 e. The lowest BCUT2D eigenvalue weighted by atomic mass is 10.3. The first-order valence-corrected chi connectivity index (χ1v) is 11.9. The maximum absolute atomic E-state index is 5.75. The van der Waals surface area contributed by atoms with Crippen LogP contribution in [0, 0.1) is 0 Å². The molecule has 0 saturated carbocycles. The highest BCUT2D eigenvalue weighted by Crippen LogP contribution is 2.40. The van der Waals surface area contributed by atoms with E-state index in [4.69, 9.17) is 24.2 Å². The second-order valence-corrected chi connectivity index (χ2v) is 9.14. The van der Waals surface area contributed by atoms with Gasteiger partial charge in [-0.1, -0.05) is 28.7 Å². The summed E-state index contributed by atoms with van der Waals surface area (Å²) < 4.78 is 19.0. The molecule has 2 aromatic carbocycles. The predicted molar refractivity (Wildman–Crippen MR) is 128 cm³/mol. The van der Waals surface area contributed by atoms with Crippen LogP contribution in [0.25, 0.3) is 20.4 Å². The van der Waals surface area contributed by atoms with Gasteiger partial charge in [0.15, 0.2) is 10.3 Å². The molecule has 7 nitrogen and oxygen atoms in total. The monoisotopic (exact) mass is 456 g/mol. The van der Waals surface area contributed by atoms with E-state index in [-0.39, 0.29) is 0 Å². The second kappa shape index (κ2) is 8.39. The molecule has 0 bridgehead atoms. The molecule has 31 heavy (non-hydrogen) atoms. The van der Waals surface area contributed by atoms with Crippen molar-refractivity contribution in [3.05, 3.63) is 30.3 Å². The summed E-state index contributed by atoms with van der Waals surface area (Å²) in [5.74, 6) is 2.47. The van der Waals surface area contributed by atoms with E-state index >= 15 is 0 Å². The Morgan fingerprint density at radius 1 is 0.806 bits per heavy atom. The number of fused-ring (bicyclic) bond motifs is 2. The number of nitrogens with zero attached hydrogens (tertiary/aromatic N) is 4. The molecule has 4 aromatic rings. The van der Waals surface area contributed by atoms with Crippen LogP contribution in [0.2, 0.25) is 0 Å². The van der Waals surface area contributed by atoms with Crippen molar-refractivity contribution in [2.45, 2.75) is 6.92 Å². The zero-order valence-electron chi connectivity index (χ0n) is 17.8. The third-order valence-electron chi connectivity index (χ3n) is 5.39. The summed E-state index contributed by atoms with van der Waals surface area (Å²) in [5.41, 5.74) is 1.82. The zero-order valence-corrected chi connectivity index (χ0v) is 19.4. The van der Waals surface area contributed by atoms with Crippen molar-refractivity contribution in [1.82, 2.24) is 9.97 Å². The minimum atomic E-state index is 0.641. The van der Waals surface area contributed by atoms with Crippen LogP contribution in [-0.4, -0.2) is 57.0 Å². The Morgan fingerprint density at radius 2 is 1.45 bits per heavy atom. The average molecular weight is 457 g/mol. The van der Waals surface area contributed by atoms with Gasteiger partial charge in [-0.2, -0.15) is 0 Å². The summed E-state index contributed by atoms with van der Waals surface area (Å²) in [5, 5.41) is 2.05. The van der Waals surface area contributed by atoms with Crippen LogP contribution in [0.5, 0.6) is 17.2 Å². The fourth-order valence-corrected chi connectivity index (χ4v) is 5.98. The minimum Gasteiger partial charge on any atom is -0.495 e. The Labute approximate surface area is 188 Å². The summed E-state index contributed by atoms with van der Waals surface area (Å²) in [6.07, 6.45) is 0. The molecular weight excluding hydrogens is 432 g/mol. The van der Waals surface area contributed by atoms with E-state index in [1.807, 2.05) is 31.2 Å². The van der Waals surface area contributed by atoms with Crippen molar-refractivity contribution >= 4 is 53.4 Å². The molecule has 1 saturated heterocycles. The number of aromatic nitrogens is 2. The molecule has 162 valence electrons. The van der Waals surface area contributed by atoms with Gasteiger partial charge < -0.3 is 24.0 Å². The highest BCUT2D eigenvalue weighted by atomic mass is 32.1. The SMILES string of the molecule is CCOc1cccc2sc(N3CCN(c4nc5c(OC)ccc(OC)c5s4)CC3)nc12. The van der Waals surface area contributed by atoms with Gasteiger partial charge in [0.1, 0.15) is 33.0 Å². The lowest BCUT2D eigenvalue weighted by Gasteiger charge is -2.34. The number of piperazine rings is 1. The first kappa shape index (κ1) is 20.1. The summed E-state index contributed by atoms with van der Waals surface area (Å²) in [4.78, 5) is 14.4. The molecule has 0 radical (unpaired) electrons. The van der Waals surface area contributed by atoms with Gasteiger partial charge in [-0.05, 0) is 31.2 Å². The lowest BCUT2D eigenvalue weighted by molar-refractivity contribution is 0.344. The van der Waals surface area contributed by atoms with E-state index in [2.05, 4.69) is 15.9 Å². The standard InChI is InChI=1S/C22H24N4O3S2/c1-4-29-15-6-5-7-17-18(15)23-21(30-17)25-10-12-26(13-11-25)22-24-19-14(27-2)8-9-16(28-3)20(19)31-22/h5-9H,4,10-13H2,1-3H3. The summed E-state index contributed by atoms with van der Waals surface area (Å²) in [6.45, 7) is 6.21. The molecular formula is C22H24N4O3S2. The van der Waals surface area contributed by atoms with E-state index in [9.17, 15) is 0 Å². The maximum atomic E-state index is 5.75. The van der Waals surface area contributed by atoms with E-state index < -0.39 is 0 Å². The van der Waals surface area contributed by atoms with Crippen LogP contribution in [0.15, 0.2) is 30.3 Å². The number of ether oxygens (including phenoxy) is 3. The molecule has 0 aliphatic carbocycles. The van der Waals surface area contributed by atoms with Gasteiger partial charge in [0, 0.05) is 26.2 Å². The van der Waals surface area contributed by atoms with E-state index in [1.165, 1.54) is 0 Å². The molecule has 0 atom stereocenters. The zero-order chi connectivity index (χ0) is 21.4. The fourth-order valence-electron chi connectivity index (χ4n) is 3.82. The number of thiazole rings is 2. The molecule has 1 aliphatic heterocycles. The van der Waals surface area contributed by atoms with Gasteiger partial charge in [-0.15, -0.1) is 0 Å². The molecule has 2 aromatic heterocycles. The number of hydrogen-bond donors (Lipinski definition) is 0. The number of hydrogen-bond acceptors (Lipinski definition) is 9. The Hall–Kier alpha value is -2.78. The summed E-state index contributed by atoms with van der Waals surface area (Å²) in [6, 6.07) is 9.97. The van der Waals surface area contributed by atoms with Crippen LogP contribution in [0.3, 0.4) is 0 Å². The van der Waals surface area contributed by atoms with E-state index in [0.717, 1.165) is 74.1 Å². The molecule has 3 heterocycles. The van der Waals surface area contributed by atoms with Gasteiger partial charge in [0.25, 0.3) is 0 Å². The van der Waals surface area contributed by atoms with Gasteiger partial charge in [0.05, 0.1) is 25.5 Å². The van der Waals surface area contributed by atoms with Crippen LogP contribution in [-0.2, 0) is 0 Å². The predicted octanol–water partition coefficient (Wildman–Crippen LogP) is 4.65. The number of para-hydroxylation sites is 1. The maximum Gasteiger partial charge on any atom is 0.186 e. The van der Waals surface area contributed by atoms with Crippen LogP contribution < -0.4 is 24.0 Å². The van der Waals surface area contributed by atoms with Crippen molar-refractivity contribution in [3.8, 4) is 17.2 Å². The smallest absolute Gasteiger partial charge is 0.186 e. The number of anilines is 2. The Balaban J connectivity index is 1.36. The molecule has 1 aliphatic rings. The quantitative estimate of drug-likeness (QED) is 0.419. The molecule has 0 unspecified atom stereocenters. The van der Waals surface area contributed by atoms with E-state index in [1.54, 1.807) is 36.9 Å². The van der Waals surface area contributed by atoms with Gasteiger partial charge in [-0.3, -0.25) is 0 Å². The molecule has 0 amide bonds. The average Bonchev–Trinajstić information content (AvgIpc) is 3.44. The molecule has 0 N–H and O–H groups in total. The summed E-state index contributed by atoms with van der Waals surface area (Å²) >= 11 is 3.38. The van der Waals surface area contributed by atoms with Crippen molar-refractivity contribution in [2.24, 2.45) is 0 Å². The van der Waals surface area contributed by atoms with Gasteiger partial charge in [0.2, 0.25) is 0 Å². The normalized spacial score (nSPS) is 14.4. The third kappa shape index (κ3) is 3.61. The minimum absolute atomic E-state index is 0.641. The Morgan fingerprint density at radius 3 is 2.13 bits per heavy atom. The molecule has 1 fully saturated rings.